The van der Waals surface area contributed by atoms with Crippen molar-refractivity contribution in [2.24, 2.45) is 0 Å². The van der Waals surface area contributed by atoms with Gasteiger partial charge in [0.1, 0.15) is 11.1 Å². The molecule has 1 fully saturated rings. The Morgan fingerprint density at radius 1 is 1.23 bits per heavy atom. The average Bonchev–Trinajstić information content (AvgIpc) is 3.13. The third kappa shape index (κ3) is 1.98. The predicted octanol–water partition coefficient (Wildman–Crippen LogP) is 2.04. The molecule has 2 aliphatic rings. The van der Waals surface area contributed by atoms with Crippen LogP contribution >= 0.6 is 0 Å². The van der Waals surface area contributed by atoms with Crippen LogP contribution in [-0.2, 0) is 19.9 Å². The number of fused-ring (bicyclic) bond motifs is 2. The second-order valence-electron chi connectivity index (χ2n) is 5.87. The van der Waals surface area contributed by atoms with Gasteiger partial charge in [0.05, 0.1) is 12.1 Å². The summed E-state index contributed by atoms with van der Waals surface area (Å²) in [5.41, 5.74) is -0.561. The molecule has 1 aromatic heterocycles. The number of aromatic nitrogens is 1. The van der Waals surface area contributed by atoms with Crippen LogP contribution in [-0.4, -0.2) is 32.3 Å². The molecule has 0 amide bonds. The number of rotatable bonds is 4. The highest BCUT2D eigenvalue weighted by atomic mass is 16.4. The van der Waals surface area contributed by atoms with Crippen molar-refractivity contribution in [1.29, 1.82) is 0 Å². The molecule has 22 heavy (non-hydrogen) atoms. The molecule has 1 saturated carbocycles. The largest absolute Gasteiger partial charge is 0.505 e. The first-order chi connectivity index (χ1) is 10.5. The van der Waals surface area contributed by atoms with Gasteiger partial charge in [0, 0.05) is 12.6 Å². The quantitative estimate of drug-likeness (QED) is 0.830. The van der Waals surface area contributed by atoms with E-state index in [9.17, 15) is 19.5 Å². The molecule has 1 aliphatic carbocycles. The number of hydrogen-bond donors (Lipinski definition) is 2. The number of nitrogens with zero attached hydrogens (tertiary/aromatic N) is 1. The van der Waals surface area contributed by atoms with Gasteiger partial charge in [-0.3, -0.25) is 14.4 Å². The highest BCUT2D eigenvalue weighted by Crippen LogP contribution is 2.45. The molecular formula is C16H17NO5. The summed E-state index contributed by atoms with van der Waals surface area (Å²) >= 11 is 0. The van der Waals surface area contributed by atoms with Crippen LogP contribution in [0.1, 0.15) is 44.2 Å². The maximum atomic E-state index is 12.9. The molecule has 1 spiro atoms. The first kappa shape index (κ1) is 14.6. The van der Waals surface area contributed by atoms with E-state index in [1.54, 1.807) is 22.9 Å². The van der Waals surface area contributed by atoms with E-state index in [0.29, 0.717) is 18.5 Å². The molecule has 116 valence electrons. The molecule has 0 saturated heterocycles. The molecule has 3 rings (SSSR count). The van der Waals surface area contributed by atoms with Crippen molar-refractivity contribution in [2.45, 2.75) is 44.1 Å². The second-order valence-corrected chi connectivity index (χ2v) is 5.87. The fourth-order valence-electron chi connectivity index (χ4n) is 3.56. The Morgan fingerprint density at radius 3 is 2.55 bits per heavy atom. The van der Waals surface area contributed by atoms with Crippen LogP contribution in [0.5, 0.6) is 0 Å². The third-order valence-electron chi connectivity index (χ3n) is 4.61. The zero-order valence-corrected chi connectivity index (χ0v) is 12.0. The van der Waals surface area contributed by atoms with Gasteiger partial charge in [-0.15, -0.1) is 0 Å². The number of carbonyl (C=O) groups excluding carboxylic acids is 2. The second kappa shape index (κ2) is 5.12. The number of hydrogen-bond acceptors (Lipinski definition) is 4. The lowest BCUT2D eigenvalue weighted by atomic mass is 9.81. The number of carboxylic acids is 1. The lowest BCUT2D eigenvalue weighted by Gasteiger charge is -2.35. The van der Waals surface area contributed by atoms with Gasteiger partial charge in [0.15, 0.2) is 17.3 Å². The maximum Gasteiger partial charge on any atom is 0.303 e. The van der Waals surface area contributed by atoms with Crippen LogP contribution < -0.4 is 0 Å². The Labute approximate surface area is 127 Å². The van der Waals surface area contributed by atoms with Crippen LogP contribution in [0.4, 0.5) is 0 Å². The third-order valence-corrected chi connectivity index (χ3v) is 4.61. The van der Waals surface area contributed by atoms with Crippen molar-refractivity contribution < 1.29 is 24.6 Å². The molecule has 0 unspecified atom stereocenters. The fraction of sp³-hybridized carbons (Fsp3) is 0.438. The minimum absolute atomic E-state index is 0.227. The number of aliphatic hydroxyl groups is 1. The summed E-state index contributed by atoms with van der Waals surface area (Å²) in [6.07, 6.45) is 4.18. The summed E-state index contributed by atoms with van der Waals surface area (Å²) < 4.78 is 1.77. The molecule has 0 aromatic carbocycles. The van der Waals surface area contributed by atoms with Gasteiger partial charge in [-0.1, -0.05) is 12.8 Å². The van der Waals surface area contributed by atoms with E-state index in [0.717, 1.165) is 12.8 Å². The van der Waals surface area contributed by atoms with Gasteiger partial charge in [-0.25, -0.2) is 0 Å². The summed E-state index contributed by atoms with van der Waals surface area (Å²) in [5, 5.41) is 19.0. The van der Waals surface area contributed by atoms with E-state index in [4.69, 9.17) is 5.11 Å². The lowest BCUT2D eigenvalue weighted by Crippen LogP contribution is -2.45. The van der Waals surface area contributed by atoms with Gasteiger partial charge in [0.25, 0.3) is 0 Å². The first-order valence-electron chi connectivity index (χ1n) is 7.38. The molecule has 2 N–H and O–H groups in total. The van der Waals surface area contributed by atoms with Crippen LogP contribution in [0.25, 0.3) is 5.76 Å². The monoisotopic (exact) mass is 303 g/mol. The molecule has 0 radical (unpaired) electrons. The van der Waals surface area contributed by atoms with E-state index >= 15 is 0 Å². The number of carbonyl (C=O) groups is 3. The molecule has 6 nitrogen and oxygen atoms in total. The Hall–Kier alpha value is -2.37. The summed E-state index contributed by atoms with van der Waals surface area (Å²) in [7, 11) is 0. The van der Waals surface area contributed by atoms with Crippen molar-refractivity contribution in [3.63, 3.8) is 0 Å². The molecular weight excluding hydrogens is 286 g/mol. The Bertz CT molecular complexity index is 691. The summed E-state index contributed by atoms with van der Waals surface area (Å²) in [6.45, 7) is 0. The van der Waals surface area contributed by atoms with E-state index in [2.05, 4.69) is 0 Å². The van der Waals surface area contributed by atoms with Crippen molar-refractivity contribution in [3.8, 4) is 0 Å². The van der Waals surface area contributed by atoms with Gasteiger partial charge < -0.3 is 14.8 Å². The molecule has 0 bridgehead atoms. The lowest BCUT2D eigenvalue weighted by molar-refractivity contribution is -0.138. The molecule has 1 aliphatic heterocycles. The van der Waals surface area contributed by atoms with Crippen LogP contribution in [0.2, 0.25) is 0 Å². The van der Waals surface area contributed by atoms with Gasteiger partial charge in [0.2, 0.25) is 0 Å². The van der Waals surface area contributed by atoms with Crippen molar-refractivity contribution in [1.82, 2.24) is 4.57 Å². The average molecular weight is 303 g/mol. The van der Waals surface area contributed by atoms with E-state index in [1.807, 2.05) is 0 Å². The summed E-state index contributed by atoms with van der Waals surface area (Å²) in [6, 6.07) is 3.41. The fourth-order valence-corrected chi connectivity index (χ4v) is 3.56. The first-order valence-corrected chi connectivity index (χ1v) is 7.38. The minimum atomic E-state index is -1.10. The molecule has 0 atom stereocenters. The van der Waals surface area contributed by atoms with E-state index < -0.39 is 17.3 Å². The molecule has 2 heterocycles. The number of carboxylic acid groups (broad SMARTS) is 1. The van der Waals surface area contributed by atoms with Gasteiger partial charge in [-0.2, -0.15) is 0 Å². The number of Topliss-reactive ketones (excluding diaryl/α,β-unsaturated/α-hetero) is 2. The Balaban J connectivity index is 2.06. The predicted molar refractivity (Wildman–Crippen MR) is 77.3 cm³/mol. The molecule has 6 heteroatoms. The summed E-state index contributed by atoms with van der Waals surface area (Å²) in [5.74, 6) is -2.40. The van der Waals surface area contributed by atoms with Crippen LogP contribution in [0.3, 0.4) is 0 Å². The van der Waals surface area contributed by atoms with Crippen LogP contribution in [0, 0.1) is 0 Å². The number of aliphatic hydroxyl groups excluding tert-OH is 1. The SMILES string of the molecule is O=C(O)CCC(=O)C1=C(O)c2cccn2C2(CCCC2)C1=O. The number of ketones is 2. The highest BCUT2D eigenvalue weighted by molar-refractivity contribution is 6.27. The smallest absolute Gasteiger partial charge is 0.303 e. The standard InChI is InChI=1S/C16H17NO5/c18-11(5-6-12(19)20)13-14(21)10-4-3-9-17(10)16(15(13)22)7-1-2-8-16/h3-4,9,21H,1-2,5-8H2,(H,19,20). The van der Waals surface area contributed by atoms with Crippen LogP contribution in [0.15, 0.2) is 23.9 Å². The molecule has 1 aromatic rings. The van der Waals surface area contributed by atoms with Gasteiger partial charge in [-0.05, 0) is 25.0 Å². The topological polar surface area (TPSA) is 96.6 Å². The zero-order valence-electron chi connectivity index (χ0n) is 12.0. The Kier molecular flexibility index (Phi) is 3.39. The number of allylic oxidation sites excluding steroid dienone is 1. The van der Waals surface area contributed by atoms with E-state index in [1.165, 1.54) is 0 Å². The number of aliphatic carboxylic acids is 1. The summed E-state index contributed by atoms with van der Waals surface area (Å²) in [4.78, 5) is 35.8. The highest BCUT2D eigenvalue weighted by Gasteiger charge is 2.50. The normalized spacial score (nSPS) is 19.5. The van der Waals surface area contributed by atoms with Crippen molar-refractivity contribution >= 4 is 23.3 Å². The zero-order chi connectivity index (χ0) is 15.9. The minimum Gasteiger partial charge on any atom is -0.505 e. The van der Waals surface area contributed by atoms with Crippen molar-refractivity contribution in [3.05, 3.63) is 29.6 Å². The maximum absolute atomic E-state index is 12.9. The Morgan fingerprint density at radius 2 is 1.91 bits per heavy atom. The van der Waals surface area contributed by atoms with Crippen molar-refractivity contribution in [2.75, 3.05) is 0 Å². The van der Waals surface area contributed by atoms with E-state index in [-0.39, 0.29) is 30.0 Å². The van der Waals surface area contributed by atoms with Gasteiger partial charge >= 0.3 is 5.97 Å².